The summed E-state index contributed by atoms with van der Waals surface area (Å²) in [5, 5.41) is 3.03. The zero-order chi connectivity index (χ0) is 15.3. The van der Waals surface area contributed by atoms with Crippen molar-refractivity contribution >= 4 is 10.0 Å². The molecule has 0 saturated carbocycles. The van der Waals surface area contributed by atoms with Crippen molar-refractivity contribution in [1.29, 1.82) is 0 Å². The van der Waals surface area contributed by atoms with Crippen LogP contribution < -0.4 is 5.32 Å². The Labute approximate surface area is 125 Å². The Morgan fingerprint density at radius 2 is 1.67 bits per heavy atom. The van der Waals surface area contributed by atoms with Gasteiger partial charge in [0.05, 0.1) is 4.90 Å². The van der Waals surface area contributed by atoms with Gasteiger partial charge in [-0.25, -0.2) is 8.42 Å². The predicted octanol–water partition coefficient (Wildman–Crippen LogP) is 1.62. The monoisotopic (exact) mass is 305 g/mol. The fourth-order valence-electron chi connectivity index (χ4n) is 1.99. The third-order valence-electron chi connectivity index (χ3n) is 3.17. The van der Waals surface area contributed by atoms with Crippen LogP contribution in [0.1, 0.15) is 11.1 Å². The third kappa shape index (κ3) is 3.87. The smallest absolute Gasteiger partial charge is 0.243 e. The zero-order valence-corrected chi connectivity index (χ0v) is 13.0. The number of hydrogen-bond acceptors (Lipinski definition) is 4. The van der Waals surface area contributed by atoms with Crippen LogP contribution in [0.5, 0.6) is 0 Å². The minimum atomic E-state index is -3.48. The van der Waals surface area contributed by atoms with Gasteiger partial charge in [-0.2, -0.15) is 4.31 Å². The molecule has 1 aromatic carbocycles. The molecule has 1 aromatic heterocycles. The van der Waals surface area contributed by atoms with Gasteiger partial charge in [0.1, 0.15) is 0 Å². The number of nitrogens with one attached hydrogen (secondary N) is 1. The van der Waals surface area contributed by atoms with E-state index in [1.165, 1.54) is 4.31 Å². The van der Waals surface area contributed by atoms with Crippen LogP contribution in [0.4, 0.5) is 0 Å². The van der Waals surface area contributed by atoms with E-state index < -0.39 is 10.0 Å². The molecular formula is C15H19N3O2S. The number of hydrogen-bond donors (Lipinski definition) is 1. The second-order valence-electron chi connectivity index (χ2n) is 4.79. The third-order valence-corrected chi connectivity index (χ3v) is 4.98. The summed E-state index contributed by atoms with van der Waals surface area (Å²) in [6.45, 7) is 1.04. The number of sulfonamides is 1. The van der Waals surface area contributed by atoms with Crippen LogP contribution in [0, 0.1) is 0 Å². The van der Waals surface area contributed by atoms with E-state index >= 15 is 0 Å². The Balaban J connectivity index is 2.16. The van der Waals surface area contributed by atoms with Crippen molar-refractivity contribution in [3.05, 3.63) is 59.9 Å². The minimum Gasteiger partial charge on any atom is -0.316 e. The Hall–Kier alpha value is -1.76. The van der Waals surface area contributed by atoms with Gasteiger partial charge in [-0.1, -0.05) is 12.1 Å². The topological polar surface area (TPSA) is 62.3 Å². The minimum absolute atomic E-state index is 0.305. The molecule has 0 bridgehead atoms. The molecule has 5 nitrogen and oxygen atoms in total. The van der Waals surface area contributed by atoms with Crippen LogP contribution >= 0.6 is 0 Å². The molecule has 0 amide bonds. The Morgan fingerprint density at radius 3 is 2.24 bits per heavy atom. The number of aromatic nitrogens is 1. The van der Waals surface area contributed by atoms with E-state index in [1.807, 2.05) is 31.3 Å². The highest BCUT2D eigenvalue weighted by Crippen LogP contribution is 2.17. The van der Waals surface area contributed by atoms with Crippen molar-refractivity contribution in [2.75, 3.05) is 14.1 Å². The maximum absolute atomic E-state index is 12.5. The van der Waals surface area contributed by atoms with Crippen molar-refractivity contribution < 1.29 is 8.42 Å². The number of rotatable bonds is 6. The number of benzene rings is 1. The van der Waals surface area contributed by atoms with Crippen molar-refractivity contribution in [3.8, 4) is 0 Å². The summed E-state index contributed by atoms with van der Waals surface area (Å²) in [5.41, 5.74) is 1.95. The first-order valence-electron chi connectivity index (χ1n) is 6.63. The predicted molar refractivity (Wildman–Crippen MR) is 82.1 cm³/mol. The molecule has 0 atom stereocenters. The fourth-order valence-corrected chi connectivity index (χ4v) is 3.15. The molecule has 0 unspecified atom stereocenters. The van der Waals surface area contributed by atoms with E-state index in [2.05, 4.69) is 10.3 Å². The second kappa shape index (κ2) is 6.80. The zero-order valence-electron chi connectivity index (χ0n) is 12.2. The maximum atomic E-state index is 12.5. The van der Waals surface area contributed by atoms with E-state index in [0.29, 0.717) is 18.0 Å². The summed E-state index contributed by atoms with van der Waals surface area (Å²) in [6, 6.07) is 10.5. The SMILES string of the molecule is CNCc1ccc(S(=O)(=O)N(C)Cc2ccncc2)cc1. The van der Waals surface area contributed by atoms with Gasteiger partial charge >= 0.3 is 0 Å². The van der Waals surface area contributed by atoms with Crippen LogP contribution in [-0.4, -0.2) is 31.8 Å². The molecule has 0 spiro atoms. The average Bonchev–Trinajstić information content (AvgIpc) is 2.49. The summed E-state index contributed by atoms with van der Waals surface area (Å²) in [6.07, 6.45) is 3.31. The summed E-state index contributed by atoms with van der Waals surface area (Å²) in [5.74, 6) is 0. The summed E-state index contributed by atoms with van der Waals surface area (Å²) in [7, 11) is -0.0414. The molecule has 0 aliphatic carbocycles. The van der Waals surface area contributed by atoms with Crippen LogP contribution in [0.25, 0.3) is 0 Å². The lowest BCUT2D eigenvalue weighted by Gasteiger charge is -2.17. The number of nitrogens with zero attached hydrogens (tertiary/aromatic N) is 2. The Morgan fingerprint density at radius 1 is 1.05 bits per heavy atom. The molecule has 0 fully saturated rings. The Kier molecular flexibility index (Phi) is 5.06. The van der Waals surface area contributed by atoms with Gasteiger partial charge in [-0.3, -0.25) is 4.98 Å². The van der Waals surface area contributed by atoms with Gasteiger partial charge < -0.3 is 5.32 Å². The Bertz CT molecular complexity index is 670. The van der Waals surface area contributed by atoms with E-state index in [4.69, 9.17) is 0 Å². The van der Waals surface area contributed by atoms with Gasteiger partial charge in [0.2, 0.25) is 10.0 Å². The van der Waals surface area contributed by atoms with Gasteiger partial charge in [0.25, 0.3) is 0 Å². The fraction of sp³-hybridized carbons (Fsp3) is 0.267. The first kappa shape index (κ1) is 15.6. The van der Waals surface area contributed by atoms with Gasteiger partial charge in [0, 0.05) is 32.5 Å². The molecule has 21 heavy (non-hydrogen) atoms. The van der Waals surface area contributed by atoms with Crippen LogP contribution in [-0.2, 0) is 23.1 Å². The van der Waals surface area contributed by atoms with Crippen molar-refractivity contribution in [2.45, 2.75) is 18.0 Å². The molecule has 2 rings (SSSR count). The molecular weight excluding hydrogens is 286 g/mol. The first-order chi connectivity index (χ1) is 10.0. The highest BCUT2D eigenvalue weighted by Gasteiger charge is 2.20. The maximum Gasteiger partial charge on any atom is 0.243 e. The van der Waals surface area contributed by atoms with Gasteiger partial charge in [-0.15, -0.1) is 0 Å². The molecule has 0 aliphatic heterocycles. The van der Waals surface area contributed by atoms with E-state index in [1.54, 1.807) is 31.6 Å². The van der Waals surface area contributed by atoms with Crippen LogP contribution in [0.15, 0.2) is 53.7 Å². The average molecular weight is 305 g/mol. The molecule has 0 saturated heterocycles. The van der Waals surface area contributed by atoms with E-state index in [-0.39, 0.29) is 0 Å². The normalized spacial score (nSPS) is 11.8. The highest BCUT2D eigenvalue weighted by molar-refractivity contribution is 7.89. The summed E-state index contributed by atoms with van der Waals surface area (Å²) < 4.78 is 26.3. The lowest BCUT2D eigenvalue weighted by atomic mass is 10.2. The largest absolute Gasteiger partial charge is 0.316 e. The number of pyridine rings is 1. The van der Waals surface area contributed by atoms with E-state index in [0.717, 1.165) is 11.1 Å². The van der Waals surface area contributed by atoms with Crippen molar-refractivity contribution in [1.82, 2.24) is 14.6 Å². The molecule has 0 radical (unpaired) electrons. The van der Waals surface area contributed by atoms with Gasteiger partial charge in [-0.05, 0) is 42.4 Å². The van der Waals surface area contributed by atoms with Crippen LogP contribution in [0.2, 0.25) is 0 Å². The summed E-state index contributed by atoms with van der Waals surface area (Å²) >= 11 is 0. The first-order valence-corrected chi connectivity index (χ1v) is 8.07. The van der Waals surface area contributed by atoms with Gasteiger partial charge in [0.15, 0.2) is 0 Å². The second-order valence-corrected chi connectivity index (χ2v) is 6.84. The van der Waals surface area contributed by atoms with E-state index in [9.17, 15) is 8.42 Å². The standard InChI is InChI=1S/C15H19N3O2S/c1-16-11-13-3-5-15(6-4-13)21(19,20)18(2)12-14-7-9-17-10-8-14/h3-10,16H,11-12H2,1-2H3. The van der Waals surface area contributed by atoms with Crippen molar-refractivity contribution in [3.63, 3.8) is 0 Å². The lowest BCUT2D eigenvalue weighted by Crippen LogP contribution is -2.26. The molecule has 0 aliphatic rings. The molecule has 2 aromatic rings. The molecule has 112 valence electrons. The quantitative estimate of drug-likeness (QED) is 0.881. The molecule has 1 N–H and O–H groups in total. The summed E-state index contributed by atoms with van der Waals surface area (Å²) in [4.78, 5) is 4.23. The lowest BCUT2D eigenvalue weighted by molar-refractivity contribution is 0.466. The molecule has 1 heterocycles. The molecule has 6 heteroatoms. The van der Waals surface area contributed by atoms with Crippen molar-refractivity contribution in [2.24, 2.45) is 0 Å². The van der Waals surface area contributed by atoms with Crippen LogP contribution in [0.3, 0.4) is 0 Å². The highest BCUT2D eigenvalue weighted by atomic mass is 32.2.